The molecule has 140 valence electrons. The smallest absolute Gasteiger partial charge is 0.344 e. The van der Waals surface area contributed by atoms with Crippen LogP contribution >= 0.6 is 0 Å². The number of aromatic nitrogens is 2. The molecule has 0 amide bonds. The normalized spacial score (nSPS) is 10.7. The number of nitrogens with zero attached hydrogens (tertiary/aromatic N) is 2. The highest BCUT2D eigenvalue weighted by Gasteiger charge is 2.11. The van der Waals surface area contributed by atoms with Gasteiger partial charge in [-0.3, -0.25) is 9.36 Å². The van der Waals surface area contributed by atoms with Crippen molar-refractivity contribution in [1.82, 2.24) is 9.55 Å². The average molecular weight is 368 g/mol. The zero-order valence-electron chi connectivity index (χ0n) is 15.2. The molecule has 0 atom stereocenters. The highest BCUT2D eigenvalue weighted by Crippen LogP contribution is 2.23. The maximum atomic E-state index is 12.1. The zero-order chi connectivity index (χ0) is 19.2. The molecule has 27 heavy (non-hydrogen) atoms. The van der Waals surface area contributed by atoms with E-state index in [0.29, 0.717) is 17.9 Å². The number of fused-ring (bicyclic) bond motifs is 1. The summed E-state index contributed by atoms with van der Waals surface area (Å²) in [6.07, 6.45) is 1.68. The molecule has 2 aromatic carbocycles. The summed E-state index contributed by atoms with van der Waals surface area (Å²) in [6.45, 7) is 1.93. The van der Waals surface area contributed by atoms with E-state index in [4.69, 9.17) is 14.2 Å². The molecule has 0 unspecified atom stereocenters. The zero-order valence-corrected chi connectivity index (χ0v) is 15.2. The van der Waals surface area contributed by atoms with E-state index in [0.717, 1.165) is 16.7 Å². The van der Waals surface area contributed by atoms with Gasteiger partial charge in [-0.1, -0.05) is 6.07 Å². The van der Waals surface area contributed by atoms with Gasteiger partial charge in [0.2, 0.25) is 0 Å². The van der Waals surface area contributed by atoms with Crippen molar-refractivity contribution < 1.29 is 23.8 Å². The summed E-state index contributed by atoms with van der Waals surface area (Å²) >= 11 is 0. The lowest BCUT2D eigenvalue weighted by Crippen LogP contribution is -2.14. The Kier molecular flexibility index (Phi) is 5.83. The van der Waals surface area contributed by atoms with E-state index in [1.54, 1.807) is 43.6 Å². The number of hydrogen-bond acceptors (Lipinski definition) is 6. The Hall–Kier alpha value is -3.19. The molecule has 3 aromatic rings. The van der Waals surface area contributed by atoms with E-state index in [1.807, 2.05) is 16.7 Å². The second-order valence-corrected chi connectivity index (χ2v) is 5.77. The lowest BCUT2D eigenvalue weighted by atomic mass is 10.1. The molecule has 7 nitrogen and oxygen atoms in total. The van der Waals surface area contributed by atoms with Gasteiger partial charge in [-0.25, -0.2) is 9.78 Å². The molecule has 3 rings (SSSR count). The number of imidazole rings is 1. The van der Waals surface area contributed by atoms with Gasteiger partial charge >= 0.3 is 5.97 Å². The molecular weight excluding hydrogens is 348 g/mol. The largest absolute Gasteiger partial charge is 0.482 e. The summed E-state index contributed by atoms with van der Waals surface area (Å²) in [7, 11) is 1.49. The van der Waals surface area contributed by atoms with Crippen molar-refractivity contribution >= 4 is 22.8 Å². The number of carbonyl (C=O) groups is 2. The fourth-order valence-corrected chi connectivity index (χ4v) is 2.67. The lowest BCUT2D eigenvalue weighted by Gasteiger charge is -2.09. The van der Waals surface area contributed by atoms with Gasteiger partial charge in [0.25, 0.3) is 0 Å². The first kappa shape index (κ1) is 18.6. The molecule has 0 aliphatic carbocycles. The van der Waals surface area contributed by atoms with Crippen LogP contribution in [0.15, 0.2) is 48.8 Å². The Bertz CT molecular complexity index is 964. The Balaban J connectivity index is 1.88. The maximum absolute atomic E-state index is 12.1. The van der Waals surface area contributed by atoms with Gasteiger partial charge in [0.15, 0.2) is 12.4 Å². The Morgan fingerprint density at radius 2 is 1.96 bits per heavy atom. The molecule has 0 saturated heterocycles. The van der Waals surface area contributed by atoms with Gasteiger partial charge in [-0.2, -0.15) is 0 Å². The van der Waals surface area contributed by atoms with E-state index >= 15 is 0 Å². The standard InChI is InChI=1S/C20H20N2O5/c1-3-26-20(24)12-27-16-6-4-5-15(10-16)22-13-21-17-8-7-14(9-18(17)22)19(23)11-25-2/h4-10,13H,3,11-12H2,1-2H3. The maximum Gasteiger partial charge on any atom is 0.344 e. The molecule has 0 fully saturated rings. The Labute approximate surface area is 156 Å². The number of ether oxygens (including phenoxy) is 3. The van der Waals surface area contributed by atoms with E-state index in [9.17, 15) is 9.59 Å². The quantitative estimate of drug-likeness (QED) is 0.449. The molecule has 0 aliphatic rings. The predicted octanol–water partition coefficient (Wildman–Crippen LogP) is 2.80. The Morgan fingerprint density at radius 3 is 2.74 bits per heavy atom. The molecule has 0 aliphatic heterocycles. The van der Waals surface area contributed by atoms with Gasteiger partial charge < -0.3 is 14.2 Å². The van der Waals surface area contributed by atoms with Crippen LogP contribution in [-0.2, 0) is 14.3 Å². The summed E-state index contributed by atoms with van der Waals surface area (Å²) < 4.78 is 17.1. The van der Waals surface area contributed by atoms with Crippen molar-refractivity contribution in [3.05, 3.63) is 54.4 Å². The van der Waals surface area contributed by atoms with Gasteiger partial charge in [0, 0.05) is 18.7 Å². The molecule has 0 spiro atoms. The first-order valence-electron chi connectivity index (χ1n) is 8.50. The van der Waals surface area contributed by atoms with E-state index in [1.165, 1.54) is 7.11 Å². The number of carbonyl (C=O) groups excluding carboxylic acids is 2. The summed E-state index contributed by atoms with van der Waals surface area (Å²) in [4.78, 5) is 27.9. The summed E-state index contributed by atoms with van der Waals surface area (Å²) in [5.74, 6) is 0.0185. The molecule has 1 aromatic heterocycles. The van der Waals surface area contributed by atoms with Crippen molar-refractivity contribution in [2.75, 3.05) is 26.9 Å². The van der Waals surface area contributed by atoms with Crippen LogP contribution in [0.2, 0.25) is 0 Å². The predicted molar refractivity (Wildman–Crippen MR) is 99.4 cm³/mol. The number of esters is 1. The molecule has 0 saturated carbocycles. The Morgan fingerprint density at radius 1 is 1.11 bits per heavy atom. The number of rotatable bonds is 8. The molecule has 7 heteroatoms. The van der Waals surface area contributed by atoms with E-state index < -0.39 is 5.97 Å². The van der Waals surface area contributed by atoms with Crippen LogP contribution in [0.3, 0.4) is 0 Å². The minimum absolute atomic E-state index is 0.0246. The van der Waals surface area contributed by atoms with Gasteiger partial charge in [0.1, 0.15) is 18.7 Å². The fourth-order valence-electron chi connectivity index (χ4n) is 2.67. The molecule has 0 radical (unpaired) electrons. The molecular formula is C20H20N2O5. The number of ketones is 1. The molecule has 0 bridgehead atoms. The first-order chi connectivity index (χ1) is 13.1. The van der Waals surface area contributed by atoms with Crippen LogP contribution in [0, 0.1) is 0 Å². The average Bonchev–Trinajstić information content (AvgIpc) is 3.10. The van der Waals surface area contributed by atoms with Gasteiger partial charge in [-0.15, -0.1) is 0 Å². The second kappa shape index (κ2) is 8.46. The third-order valence-electron chi connectivity index (χ3n) is 3.90. The van der Waals surface area contributed by atoms with Crippen LogP contribution < -0.4 is 4.74 Å². The highest BCUT2D eigenvalue weighted by atomic mass is 16.6. The number of methoxy groups -OCH3 is 1. The van der Waals surface area contributed by atoms with Crippen molar-refractivity contribution in [2.24, 2.45) is 0 Å². The SMILES string of the molecule is CCOC(=O)COc1cccc(-n2cnc3ccc(C(=O)COC)cc32)c1. The monoisotopic (exact) mass is 368 g/mol. The summed E-state index contributed by atoms with van der Waals surface area (Å²) in [5, 5.41) is 0. The van der Waals surface area contributed by atoms with Crippen molar-refractivity contribution in [1.29, 1.82) is 0 Å². The van der Waals surface area contributed by atoms with Crippen LogP contribution in [0.5, 0.6) is 5.75 Å². The first-order valence-corrected chi connectivity index (χ1v) is 8.50. The molecule has 1 heterocycles. The number of Topliss-reactive ketones (excluding diaryl/α,β-unsaturated/α-hetero) is 1. The third kappa shape index (κ3) is 4.32. The van der Waals surface area contributed by atoms with Crippen LogP contribution in [0.1, 0.15) is 17.3 Å². The van der Waals surface area contributed by atoms with Gasteiger partial charge in [0.05, 0.1) is 23.3 Å². The van der Waals surface area contributed by atoms with Crippen LogP contribution in [0.4, 0.5) is 0 Å². The molecule has 0 N–H and O–H groups in total. The number of benzene rings is 2. The van der Waals surface area contributed by atoms with Crippen molar-refractivity contribution in [3.8, 4) is 11.4 Å². The van der Waals surface area contributed by atoms with Crippen LogP contribution in [-0.4, -0.2) is 48.2 Å². The second-order valence-electron chi connectivity index (χ2n) is 5.77. The van der Waals surface area contributed by atoms with Crippen LogP contribution in [0.25, 0.3) is 16.7 Å². The lowest BCUT2D eigenvalue weighted by molar-refractivity contribution is -0.145. The highest BCUT2D eigenvalue weighted by molar-refractivity contribution is 6.00. The minimum atomic E-state index is -0.419. The summed E-state index contributed by atoms with van der Waals surface area (Å²) in [6, 6.07) is 12.6. The van der Waals surface area contributed by atoms with Crippen molar-refractivity contribution in [2.45, 2.75) is 6.92 Å². The van der Waals surface area contributed by atoms with E-state index in [-0.39, 0.29) is 19.0 Å². The fraction of sp³-hybridized carbons (Fsp3) is 0.250. The topological polar surface area (TPSA) is 79.7 Å². The van der Waals surface area contributed by atoms with Gasteiger partial charge in [-0.05, 0) is 37.3 Å². The van der Waals surface area contributed by atoms with E-state index in [2.05, 4.69) is 4.98 Å². The van der Waals surface area contributed by atoms with Crippen molar-refractivity contribution in [3.63, 3.8) is 0 Å². The minimum Gasteiger partial charge on any atom is -0.482 e. The third-order valence-corrected chi connectivity index (χ3v) is 3.90. The summed E-state index contributed by atoms with van der Waals surface area (Å²) in [5.41, 5.74) is 2.91. The number of hydrogen-bond donors (Lipinski definition) is 0.